The first-order chi connectivity index (χ1) is 8.68. The molecule has 18 heavy (non-hydrogen) atoms. The standard InChI is InChI=1S/C14H18ClNO2/c15-9-6-7-11-12(8-9)14(18)16(13(11)17)10-4-2-1-3-5-10/h6,10-12H,1-5,7-8H2/t11-,12-/m1/s1. The predicted molar refractivity (Wildman–Crippen MR) is 68.9 cm³/mol. The molecule has 98 valence electrons. The van der Waals surface area contributed by atoms with Crippen LogP contribution in [0.15, 0.2) is 11.1 Å². The molecule has 0 bridgehead atoms. The number of allylic oxidation sites excluding steroid dienone is 2. The molecule has 0 aromatic heterocycles. The molecular formula is C14H18ClNO2. The molecule has 3 rings (SSSR count). The van der Waals surface area contributed by atoms with E-state index < -0.39 is 0 Å². The van der Waals surface area contributed by atoms with Crippen LogP contribution in [-0.4, -0.2) is 22.8 Å². The van der Waals surface area contributed by atoms with Crippen LogP contribution in [0.5, 0.6) is 0 Å². The lowest BCUT2D eigenvalue weighted by Crippen LogP contribution is -2.41. The van der Waals surface area contributed by atoms with Gasteiger partial charge in [-0.15, -0.1) is 0 Å². The fourth-order valence-electron chi connectivity index (χ4n) is 3.55. The Morgan fingerprint density at radius 2 is 1.72 bits per heavy atom. The highest BCUT2D eigenvalue weighted by Gasteiger charge is 2.50. The Bertz CT molecular complexity index is 412. The Morgan fingerprint density at radius 1 is 1.06 bits per heavy atom. The molecule has 1 saturated heterocycles. The molecule has 0 aromatic rings. The fourth-order valence-corrected chi connectivity index (χ4v) is 3.81. The number of rotatable bonds is 1. The van der Waals surface area contributed by atoms with Gasteiger partial charge in [-0.2, -0.15) is 0 Å². The molecule has 0 unspecified atom stereocenters. The number of nitrogens with zero attached hydrogens (tertiary/aromatic N) is 1. The van der Waals surface area contributed by atoms with Crippen molar-refractivity contribution < 1.29 is 9.59 Å². The molecule has 1 aliphatic heterocycles. The van der Waals surface area contributed by atoms with Crippen LogP contribution >= 0.6 is 11.6 Å². The average Bonchev–Trinajstić information content (AvgIpc) is 2.63. The molecule has 1 heterocycles. The van der Waals surface area contributed by atoms with Crippen molar-refractivity contribution in [3.8, 4) is 0 Å². The smallest absolute Gasteiger partial charge is 0.233 e. The van der Waals surface area contributed by atoms with Crippen molar-refractivity contribution in [1.29, 1.82) is 0 Å². The van der Waals surface area contributed by atoms with E-state index in [4.69, 9.17) is 11.6 Å². The highest BCUT2D eigenvalue weighted by Crippen LogP contribution is 2.41. The van der Waals surface area contributed by atoms with Crippen molar-refractivity contribution in [3.63, 3.8) is 0 Å². The third kappa shape index (κ3) is 1.89. The van der Waals surface area contributed by atoms with Crippen molar-refractivity contribution in [2.24, 2.45) is 11.8 Å². The number of hydrogen-bond donors (Lipinski definition) is 0. The molecule has 0 radical (unpaired) electrons. The van der Waals surface area contributed by atoms with E-state index in [1.807, 2.05) is 6.08 Å². The van der Waals surface area contributed by atoms with Crippen LogP contribution in [0, 0.1) is 11.8 Å². The lowest BCUT2D eigenvalue weighted by molar-refractivity contribution is -0.143. The number of imide groups is 1. The number of carbonyl (C=O) groups excluding carboxylic acids is 2. The van der Waals surface area contributed by atoms with Crippen molar-refractivity contribution in [3.05, 3.63) is 11.1 Å². The zero-order valence-electron chi connectivity index (χ0n) is 10.4. The quantitative estimate of drug-likeness (QED) is 0.685. The van der Waals surface area contributed by atoms with Gasteiger partial charge in [0.1, 0.15) is 0 Å². The van der Waals surface area contributed by atoms with E-state index in [9.17, 15) is 9.59 Å². The van der Waals surface area contributed by atoms with Gasteiger partial charge in [-0.3, -0.25) is 14.5 Å². The van der Waals surface area contributed by atoms with E-state index in [1.165, 1.54) is 6.42 Å². The summed E-state index contributed by atoms with van der Waals surface area (Å²) < 4.78 is 0. The van der Waals surface area contributed by atoms with Crippen LogP contribution in [0.3, 0.4) is 0 Å². The highest BCUT2D eigenvalue weighted by molar-refractivity contribution is 6.30. The minimum Gasteiger partial charge on any atom is -0.279 e. The van der Waals surface area contributed by atoms with Crippen LogP contribution < -0.4 is 0 Å². The van der Waals surface area contributed by atoms with Crippen LogP contribution in [0.2, 0.25) is 0 Å². The molecule has 0 spiro atoms. The van der Waals surface area contributed by atoms with Crippen molar-refractivity contribution in [2.75, 3.05) is 0 Å². The second-order valence-electron chi connectivity index (χ2n) is 5.64. The number of fused-ring (bicyclic) bond motifs is 1. The number of hydrogen-bond acceptors (Lipinski definition) is 2. The Kier molecular flexibility index (Phi) is 3.18. The molecule has 2 fully saturated rings. The second kappa shape index (κ2) is 4.69. The Labute approximate surface area is 112 Å². The highest BCUT2D eigenvalue weighted by atomic mass is 35.5. The van der Waals surface area contributed by atoms with Crippen molar-refractivity contribution in [2.45, 2.75) is 51.0 Å². The van der Waals surface area contributed by atoms with Gasteiger partial charge in [0.15, 0.2) is 0 Å². The van der Waals surface area contributed by atoms with E-state index in [-0.39, 0.29) is 29.7 Å². The predicted octanol–water partition coefficient (Wildman–Crippen LogP) is 2.84. The number of halogens is 1. The normalized spacial score (nSPS) is 33.6. The maximum absolute atomic E-state index is 12.4. The van der Waals surface area contributed by atoms with Crippen LogP contribution in [0.25, 0.3) is 0 Å². The summed E-state index contributed by atoms with van der Waals surface area (Å²) in [5.41, 5.74) is 0. The summed E-state index contributed by atoms with van der Waals surface area (Å²) in [6, 6.07) is 0.156. The van der Waals surface area contributed by atoms with Crippen LogP contribution in [0.4, 0.5) is 0 Å². The van der Waals surface area contributed by atoms with Gasteiger partial charge in [-0.25, -0.2) is 0 Å². The van der Waals surface area contributed by atoms with Crippen molar-refractivity contribution >= 4 is 23.4 Å². The summed E-state index contributed by atoms with van der Waals surface area (Å²) >= 11 is 6.01. The third-order valence-corrected chi connectivity index (χ3v) is 4.85. The minimum absolute atomic E-state index is 0.0307. The van der Waals surface area contributed by atoms with Gasteiger partial charge in [0.05, 0.1) is 11.8 Å². The molecule has 2 amide bonds. The zero-order valence-corrected chi connectivity index (χ0v) is 11.2. The van der Waals surface area contributed by atoms with Gasteiger partial charge in [0.25, 0.3) is 0 Å². The molecule has 0 N–H and O–H groups in total. The monoisotopic (exact) mass is 267 g/mol. The van der Waals surface area contributed by atoms with Gasteiger partial charge in [0.2, 0.25) is 11.8 Å². The lowest BCUT2D eigenvalue weighted by atomic mass is 9.85. The maximum Gasteiger partial charge on any atom is 0.233 e. The van der Waals surface area contributed by atoms with Gasteiger partial charge >= 0.3 is 0 Å². The molecule has 4 heteroatoms. The average molecular weight is 268 g/mol. The van der Waals surface area contributed by atoms with E-state index in [1.54, 1.807) is 4.90 Å². The van der Waals surface area contributed by atoms with Gasteiger partial charge in [0, 0.05) is 11.1 Å². The Hall–Kier alpha value is -0.830. The summed E-state index contributed by atoms with van der Waals surface area (Å²) in [5.74, 6) is -0.237. The second-order valence-corrected chi connectivity index (χ2v) is 6.13. The molecule has 1 saturated carbocycles. The molecule has 3 nitrogen and oxygen atoms in total. The summed E-state index contributed by atoms with van der Waals surface area (Å²) in [7, 11) is 0. The summed E-state index contributed by atoms with van der Waals surface area (Å²) in [6.45, 7) is 0. The van der Waals surface area contributed by atoms with E-state index in [2.05, 4.69) is 0 Å². The Morgan fingerprint density at radius 3 is 2.44 bits per heavy atom. The van der Waals surface area contributed by atoms with E-state index in [0.717, 1.165) is 30.7 Å². The van der Waals surface area contributed by atoms with Crippen LogP contribution in [0.1, 0.15) is 44.9 Å². The topological polar surface area (TPSA) is 37.4 Å². The minimum atomic E-state index is -0.183. The molecule has 2 aliphatic carbocycles. The van der Waals surface area contributed by atoms with E-state index in [0.29, 0.717) is 12.8 Å². The first-order valence-corrected chi connectivity index (χ1v) is 7.27. The molecule has 3 aliphatic rings. The summed E-state index contributed by atoms with van der Waals surface area (Å²) in [4.78, 5) is 26.4. The summed E-state index contributed by atoms with van der Waals surface area (Å²) in [5, 5.41) is 0.739. The van der Waals surface area contributed by atoms with Gasteiger partial charge in [-0.05, 0) is 25.7 Å². The van der Waals surface area contributed by atoms with Gasteiger partial charge in [-0.1, -0.05) is 36.9 Å². The fraction of sp³-hybridized carbons (Fsp3) is 0.714. The first kappa shape index (κ1) is 12.2. The lowest BCUT2D eigenvalue weighted by Gasteiger charge is -2.29. The Balaban J connectivity index is 1.81. The largest absolute Gasteiger partial charge is 0.279 e. The third-order valence-electron chi connectivity index (χ3n) is 4.54. The number of likely N-dealkylation sites (tertiary alicyclic amines) is 1. The molecule has 0 aromatic carbocycles. The maximum atomic E-state index is 12.4. The number of carbonyl (C=O) groups is 2. The van der Waals surface area contributed by atoms with Crippen molar-refractivity contribution in [1.82, 2.24) is 4.90 Å². The van der Waals surface area contributed by atoms with Gasteiger partial charge < -0.3 is 0 Å². The SMILES string of the molecule is O=C1[C@@H]2CC=C(Cl)C[C@H]2C(=O)N1C1CCCCC1. The first-order valence-electron chi connectivity index (χ1n) is 6.90. The zero-order chi connectivity index (χ0) is 12.7. The van der Waals surface area contributed by atoms with Crippen LogP contribution in [-0.2, 0) is 9.59 Å². The molecular weight excluding hydrogens is 250 g/mol. The molecule has 2 atom stereocenters. The summed E-state index contributed by atoms with van der Waals surface area (Å²) in [6.07, 6.45) is 8.56. The van der Waals surface area contributed by atoms with E-state index >= 15 is 0 Å². The number of amides is 2.